The minimum atomic E-state index is 0.658. The molecule has 0 aliphatic heterocycles. The number of pyridine rings is 1. The highest BCUT2D eigenvalue weighted by molar-refractivity contribution is 9.10. The van der Waals surface area contributed by atoms with Gasteiger partial charge in [-0.2, -0.15) is 0 Å². The average molecular weight is 437 g/mol. The van der Waals surface area contributed by atoms with Crippen molar-refractivity contribution in [3.8, 4) is 38.0 Å². The monoisotopic (exact) mass is 436 g/mol. The molecule has 0 amide bonds. The van der Waals surface area contributed by atoms with Gasteiger partial charge >= 0.3 is 0 Å². The lowest BCUT2D eigenvalue weighted by atomic mass is 10.1. The minimum absolute atomic E-state index is 0.658. The molecule has 0 saturated carbocycles. The van der Waals surface area contributed by atoms with Crippen LogP contribution in [-0.2, 0) is 0 Å². The third-order valence-electron chi connectivity index (χ3n) is 4.08. The zero-order valence-electron chi connectivity index (χ0n) is 14.7. The van der Waals surface area contributed by atoms with Crippen LogP contribution in [0.25, 0.3) is 32.3 Å². The summed E-state index contributed by atoms with van der Waals surface area (Å²) in [5.74, 6) is 0.870. The molecule has 0 aliphatic carbocycles. The number of nitrogens with zero attached hydrogens (tertiary/aromatic N) is 2. The first-order valence-corrected chi connectivity index (χ1v) is 10.3. The van der Waals surface area contributed by atoms with E-state index in [9.17, 15) is 0 Å². The smallest absolute Gasteiger partial charge is 0.126 e. The van der Waals surface area contributed by atoms with Gasteiger partial charge in [0, 0.05) is 28.0 Å². The van der Waals surface area contributed by atoms with Crippen LogP contribution >= 0.6 is 27.3 Å². The molecule has 0 aliphatic rings. The van der Waals surface area contributed by atoms with E-state index in [1.807, 2.05) is 37.4 Å². The van der Waals surface area contributed by atoms with Crippen LogP contribution in [0, 0.1) is 0 Å². The summed E-state index contributed by atoms with van der Waals surface area (Å²) in [6.07, 6.45) is 3.63. The van der Waals surface area contributed by atoms with E-state index in [2.05, 4.69) is 57.3 Å². The normalized spacial score (nSPS) is 10.7. The van der Waals surface area contributed by atoms with Gasteiger partial charge in [-0.3, -0.25) is 4.98 Å². The van der Waals surface area contributed by atoms with Crippen molar-refractivity contribution in [2.24, 2.45) is 0 Å². The molecule has 2 aromatic carbocycles. The molecule has 0 spiro atoms. The van der Waals surface area contributed by atoms with Crippen LogP contribution in [0.2, 0.25) is 0 Å². The van der Waals surface area contributed by atoms with Crippen molar-refractivity contribution in [1.29, 1.82) is 0 Å². The maximum absolute atomic E-state index is 5.57. The Labute approximate surface area is 170 Å². The van der Waals surface area contributed by atoms with Crippen molar-refractivity contribution in [1.82, 2.24) is 9.97 Å². The fraction of sp³-hybridized carbons (Fsp3) is 0.0909. The molecule has 3 nitrogen and oxygen atoms in total. The van der Waals surface area contributed by atoms with Crippen molar-refractivity contribution in [3.05, 3.63) is 77.5 Å². The molecule has 0 radical (unpaired) electrons. The number of hydrogen-bond acceptors (Lipinski definition) is 4. The van der Waals surface area contributed by atoms with Crippen molar-refractivity contribution in [3.63, 3.8) is 0 Å². The van der Waals surface area contributed by atoms with E-state index in [1.54, 1.807) is 17.5 Å². The van der Waals surface area contributed by atoms with Crippen LogP contribution in [0.5, 0.6) is 5.75 Å². The molecule has 0 atom stereocenters. The maximum Gasteiger partial charge on any atom is 0.126 e. The zero-order chi connectivity index (χ0) is 18.6. The van der Waals surface area contributed by atoms with Crippen LogP contribution in [-0.4, -0.2) is 16.6 Å². The molecule has 2 heterocycles. The lowest BCUT2D eigenvalue weighted by Crippen LogP contribution is -1.91. The van der Waals surface area contributed by atoms with E-state index in [4.69, 9.17) is 9.72 Å². The summed E-state index contributed by atoms with van der Waals surface area (Å²) < 4.78 is 6.63. The Kier molecular flexibility index (Phi) is 5.32. The van der Waals surface area contributed by atoms with Crippen LogP contribution in [0.15, 0.2) is 77.5 Å². The predicted octanol–water partition coefficient (Wildman–Crippen LogP) is 6.70. The zero-order valence-corrected chi connectivity index (χ0v) is 17.1. The van der Waals surface area contributed by atoms with Crippen LogP contribution in [0.4, 0.5) is 0 Å². The van der Waals surface area contributed by atoms with E-state index in [-0.39, 0.29) is 0 Å². The lowest BCUT2D eigenvalue weighted by Gasteiger charge is -2.06. The summed E-state index contributed by atoms with van der Waals surface area (Å²) in [6.45, 7) is 2.64. The molecular formula is C22H17BrN2OS. The minimum Gasteiger partial charge on any atom is -0.494 e. The largest absolute Gasteiger partial charge is 0.494 e. The van der Waals surface area contributed by atoms with Gasteiger partial charge in [0.15, 0.2) is 0 Å². The topological polar surface area (TPSA) is 35.0 Å². The molecule has 0 fully saturated rings. The maximum atomic E-state index is 5.57. The number of benzene rings is 2. The highest BCUT2D eigenvalue weighted by Gasteiger charge is 2.16. The fourth-order valence-corrected chi connectivity index (χ4v) is 4.15. The van der Waals surface area contributed by atoms with Gasteiger partial charge < -0.3 is 4.74 Å². The molecule has 27 heavy (non-hydrogen) atoms. The Morgan fingerprint density at radius 1 is 0.926 bits per heavy atom. The van der Waals surface area contributed by atoms with Gasteiger partial charge in [0.25, 0.3) is 0 Å². The Bertz CT molecular complexity index is 1030. The number of aromatic nitrogens is 2. The number of hydrogen-bond donors (Lipinski definition) is 0. The fourth-order valence-electron chi connectivity index (χ4n) is 2.80. The molecular weight excluding hydrogens is 420 g/mol. The van der Waals surface area contributed by atoms with Gasteiger partial charge in [0.1, 0.15) is 10.8 Å². The first kappa shape index (κ1) is 17.9. The lowest BCUT2D eigenvalue weighted by molar-refractivity contribution is 0.340. The standard InChI is InChI=1S/C22H17BrN2OS/c1-2-26-19-11-7-15(8-12-19)20-21(16-5-9-18(23)10-6-16)27-22(25-20)17-4-3-13-24-14-17/h3-14H,2H2,1H3. The van der Waals surface area contributed by atoms with Crippen molar-refractivity contribution >= 4 is 27.3 Å². The third-order valence-corrected chi connectivity index (χ3v) is 5.76. The summed E-state index contributed by atoms with van der Waals surface area (Å²) >= 11 is 5.19. The molecule has 4 aromatic rings. The SMILES string of the molecule is CCOc1ccc(-c2nc(-c3cccnc3)sc2-c2ccc(Br)cc2)cc1. The Balaban J connectivity index is 1.83. The molecule has 0 unspecified atom stereocenters. The summed E-state index contributed by atoms with van der Waals surface area (Å²) in [6, 6.07) is 20.4. The second-order valence-electron chi connectivity index (χ2n) is 5.90. The summed E-state index contributed by atoms with van der Waals surface area (Å²) in [5.41, 5.74) is 4.22. The summed E-state index contributed by atoms with van der Waals surface area (Å²) in [7, 11) is 0. The van der Waals surface area contributed by atoms with E-state index in [1.165, 1.54) is 0 Å². The van der Waals surface area contributed by atoms with Gasteiger partial charge in [-0.1, -0.05) is 28.1 Å². The molecule has 0 N–H and O–H groups in total. The van der Waals surface area contributed by atoms with Crippen LogP contribution < -0.4 is 4.74 Å². The molecule has 0 saturated heterocycles. The van der Waals surface area contributed by atoms with Crippen molar-refractivity contribution in [2.45, 2.75) is 6.92 Å². The van der Waals surface area contributed by atoms with E-state index < -0.39 is 0 Å². The highest BCUT2D eigenvalue weighted by Crippen LogP contribution is 2.41. The van der Waals surface area contributed by atoms with Crippen LogP contribution in [0.1, 0.15) is 6.92 Å². The molecule has 0 bridgehead atoms. The average Bonchev–Trinajstić information content (AvgIpc) is 3.15. The van der Waals surface area contributed by atoms with E-state index >= 15 is 0 Å². The number of halogens is 1. The highest BCUT2D eigenvalue weighted by atomic mass is 79.9. The number of thiazole rings is 1. The predicted molar refractivity (Wildman–Crippen MR) is 115 cm³/mol. The van der Waals surface area contributed by atoms with E-state index in [0.29, 0.717) is 6.61 Å². The molecule has 4 rings (SSSR count). The molecule has 2 aromatic heterocycles. The summed E-state index contributed by atoms with van der Waals surface area (Å²) in [4.78, 5) is 10.3. The van der Waals surface area contributed by atoms with Gasteiger partial charge in [-0.25, -0.2) is 4.98 Å². The number of ether oxygens (including phenoxy) is 1. The first-order chi connectivity index (χ1) is 13.2. The molecule has 5 heteroatoms. The second kappa shape index (κ2) is 8.03. The van der Waals surface area contributed by atoms with Crippen molar-refractivity contribution in [2.75, 3.05) is 6.61 Å². The number of rotatable bonds is 5. The van der Waals surface area contributed by atoms with Gasteiger partial charge in [-0.05, 0) is 61.0 Å². The Hall–Kier alpha value is -2.50. The van der Waals surface area contributed by atoms with Gasteiger partial charge in [-0.15, -0.1) is 11.3 Å². The quantitative estimate of drug-likeness (QED) is 0.349. The van der Waals surface area contributed by atoms with Gasteiger partial charge in [0.2, 0.25) is 0 Å². The Morgan fingerprint density at radius 3 is 2.33 bits per heavy atom. The Morgan fingerprint density at radius 2 is 1.67 bits per heavy atom. The summed E-state index contributed by atoms with van der Waals surface area (Å²) in [5, 5.41) is 0.963. The second-order valence-corrected chi connectivity index (χ2v) is 7.82. The third kappa shape index (κ3) is 3.94. The van der Waals surface area contributed by atoms with Crippen LogP contribution in [0.3, 0.4) is 0 Å². The first-order valence-electron chi connectivity index (χ1n) is 8.65. The molecule has 134 valence electrons. The van der Waals surface area contributed by atoms with E-state index in [0.717, 1.165) is 42.5 Å². The van der Waals surface area contributed by atoms with Crippen molar-refractivity contribution < 1.29 is 4.74 Å². The van der Waals surface area contributed by atoms with Gasteiger partial charge in [0.05, 0.1) is 17.2 Å².